The molecule has 0 aliphatic heterocycles. The van der Waals surface area contributed by atoms with Crippen molar-refractivity contribution >= 4 is 60.4 Å². The Bertz CT molecular complexity index is 2680. The average Bonchev–Trinajstić information content (AvgIpc) is 3.87. The zero-order valence-electron chi connectivity index (χ0n) is 28.7. The predicted molar refractivity (Wildman–Crippen MR) is 223 cm³/mol. The number of benzene rings is 8. The Kier molecular flexibility index (Phi) is 7.67. The molecule has 53 heavy (non-hydrogen) atoms. The van der Waals surface area contributed by atoms with Gasteiger partial charge in [-0.3, -0.25) is 0 Å². The van der Waals surface area contributed by atoms with Crippen LogP contribution in [0, 0.1) is 0 Å². The van der Waals surface area contributed by atoms with Crippen molar-refractivity contribution in [2.45, 2.75) is 0 Å². The minimum atomic E-state index is 0.861. The maximum atomic E-state index is 6.19. The van der Waals surface area contributed by atoms with Crippen molar-refractivity contribution in [2.24, 2.45) is 0 Å². The fourth-order valence-electron chi connectivity index (χ4n) is 7.22. The van der Waals surface area contributed by atoms with E-state index in [1.165, 1.54) is 37.7 Å². The largest absolute Gasteiger partial charge is 0.456 e. The Labute approximate surface area is 311 Å². The van der Waals surface area contributed by atoms with Crippen LogP contribution < -0.4 is 4.90 Å². The van der Waals surface area contributed by atoms with E-state index in [1.807, 2.05) is 24.3 Å². The van der Waals surface area contributed by atoms with Gasteiger partial charge in [0.15, 0.2) is 0 Å². The first kappa shape index (κ1) is 31.0. The van der Waals surface area contributed by atoms with Crippen LogP contribution in [0.5, 0.6) is 0 Å². The number of hydrogen-bond donors (Lipinski definition) is 0. The van der Waals surface area contributed by atoms with Crippen molar-refractivity contribution in [3.8, 4) is 44.1 Å². The van der Waals surface area contributed by atoms with Crippen molar-refractivity contribution in [1.82, 2.24) is 4.98 Å². The van der Waals surface area contributed by atoms with Gasteiger partial charge in [-0.1, -0.05) is 109 Å². The summed E-state index contributed by atoms with van der Waals surface area (Å²) in [6.07, 6.45) is 0. The summed E-state index contributed by atoms with van der Waals surface area (Å²) in [4.78, 5) is 7.20. The molecule has 2 aromatic heterocycles. The van der Waals surface area contributed by atoms with Crippen molar-refractivity contribution in [3.63, 3.8) is 0 Å². The first-order chi connectivity index (χ1) is 26.2. The van der Waals surface area contributed by atoms with E-state index in [0.717, 1.165) is 55.4 Å². The molecule has 0 fully saturated rings. The molecule has 0 amide bonds. The van der Waals surface area contributed by atoms with Crippen molar-refractivity contribution < 1.29 is 4.42 Å². The summed E-state index contributed by atoms with van der Waals surface area (Å²) in [7, 11) is 0. The molecule has 250 valence electrons. The fourth-order valence-corrected chi connectivity index (χ4v) is 8.19. The number of nitrogens with zero attached hydrogens (tertiary/aromatic N) is 2. The lowest BCUT2D eigenvalue weighted by molar-refractivity contribution is 0.631. The summed E-state index contributed by atoms with van der Waals surface area (Å²) < 4.78 is 7.38. The Hall–Kier alpha value is -6.75. The first-order valence-corrected chi connectivity index (χ1v) is 18.6. The van der Waals surface area contributed by atoms with E-state index >= 15 is 0 Å². The van der Waals surface area contributed by atoms with Gasteiger partial charge in [-0.15, -0.1) is 11.3 Å². The van der Waals surface area contributed by atoms with Gasteiger partial charge in [-0.05, 0) is 118 Å². The topological polar surface area (TPSA) is 29.3 Å². The summed E-state index contributed by atoms with van der Waals surface area (Å²) >= 11 is 1.72. The number of thiazole rings is 1. The Morgan fingerprint density at radius 3 is 1.68 bits per heavy atom. The number of hydrogen-bond acceptors (Lipinski definition) is 4. The van der Waals surface area contributed by atoms with Crippen LogP contribution in [0.4, 0.5) is 17.1 Å². The summed E-state index contributed by atoms with van der Waals surface area (Å²) in [6, 6.07) is 68.7. The van der Waals surface area contributed by atoms with E-state index < -0.39 is 0 Å². The minimum absolute atomic E-state index is 0.861. The fraction of sp³-hybridized carbons (Fsp3) is 0. The SMILES string of the molecule is c1ccc2oc(-c3ccc(N(c4ccc(-c5ccc(-c6cccc7ccccc67)cc5)cc4)c4ccc(-c5nc6ccccc6s5)cc4)cc3)cc2c1. The minimum Gasteiger partial charge on any atom is -0.456 e. The highest BCUT2D eigenvalue weighted by Crippen LogP contribution is 2.39. The second kappa shape index (κ2) is 13.1. The molecule has 0 unspecified atom stereocenters. The molecule has 0 saturated carbocycles. The molecule has 0 saturated heterocycles. The van der Waals surface area contributed by atoms with Gasteiger partial charge in [0.05, 0.1) is 10.2 Å². The zero-order chi connectivity index (χ0) is 35.1. The molecule has 8 aromatic carbocycles. The van der Waals surface area contributed by atoms with E-state index in [-0.39, 0.29) is 0 Å². The van der Waals surface area contributed by atoms with Crippen molar-refractivity contribution in [3.05, 3.63) is 194 Å². The first-order valence-electron chi connectivity index (χ1n) is 17.8. The second-order valence-electron chi connectivity index (χ2n) is 13.2. The Balaban J connectivity index is 0.985. The highest BCUT2D eigenvalue weighted by atomic mass is 32.1. The molecule has 0 radical (unpaired) electrons. The van der Waals surface area contributed by atoms with Gasteiger partial charge < -0.3 is 9.32 Å². The molecule has 4 heteroatoms. The normalized spacial score (nSPS) is 11.4. The zero-order valence-corrected chi connectivity index (χ0v) is 29.5. The molecular formula is C49H32N2OS. The van der Waals surface area contributed by atoms with Crippen molar-refractivity contribution in [1.29, 1.82) is 0 Å². The summed E-state index contributed by atoms with van der Waals surface area (Å²) in [6.45, 7) is 0. The Morgan fingerprint density at radius 2 is 0.981 bits per heavy atom. The number of fused-ring (bicyclic) bond motifs is 3. The van der Waals surface area contributed by atoms with Crippen LogP contribution in [-0.2, 0) is 0 Å². The van der Waals surface area contributed by atoms with Gasteiger partial charge >= 0.3 is 0 Å². The van der Waals surface area contributed by atoms with E-state index in [1.54, 1.807) is 11.3 Å². The van der Waals surface area contributed by atoms with Gasteiger partial charge in [0.2, 0.25) is 0 Å². The van der Waals surface area contributed by atoms with Gasteiger partial charge in [0.25, 0.3) is 0 Å². The van der Waals surface area contributed by atoms with Crippen LogP contribution in [0.3, 0.4) is 0 Å². The van der Waals surface area contributed by atoms with Gasteiger partial charge in [-0.25, -0.2) is 4.98 Å². The molecule has 3 nitrogen and oxygen atoms in total. The van der Waals surface area contributed by atoms with Crippen LogP contribution in [0.2, 0.25) is 0 Å². The quantitative estimate of drug-likeness (QED) is 0.166. The van der Waals surface area contributed by atoms with E-state index in [0.29, 0.717) is 0 Å². The number of aromatic nitrogens is 1. The third-order valence-electron chi connectivity index (χ3n) is 9.95. The molecule has 0 aliphatic carbocycles. The standard InChI is InChI=1S/C49H32N2OS/c1-3-11-43-35(8-1)10-7-12-44(43)36-18-16-33(17-19-36)34-20-26-40(27-21-34)51(41-28-22-37(23-29-41)47-32-39-9-2-5-14-46(39)52-47)42-30-24-38(25-31-42)49-50-45-13-4-6-15-48(45)53-49/h1-32H. The lowest BCUT2D eigenvalue weighted by Crippen LogP contribution is -2.09. The molecule has 10 rings (SSSR count). The highest BCUT2D eigenvalue weighted by Gasteiger charge is 2.16. The molecule has 0 aliphatic rings. The van der Waals surface area contributed by atoms with Crippen LogP contribution in [-0.4, -0.2) is 4.98 Å². The van der Waals surface area contributed by atoms with Crippen LogP contribution >= 0.6 is 11.3 Å². The van der Waals surface area contributed by atoms with Crippen LogP contribution in [0.15, 0.2) is 199 Å². The molecule has 10 aromatic rings. The molecule has 0 bridgehead atoms. The second-order valence-corrected chi connectivity index (χ2v) is 14.2. The summed E-state index contributed by atoms with van der Waals surface area (Å²) in [5.41, 5.74) is 12.1. The third kappa shape index (κ3) is 5.85. The van der Waals surface area contributed by atoms with E-state index in [4.69, 9.17) is 9.40 Å². The van der Waals surface area contributed by atoms with Gasteiger partial charge in [0.1, 0.15) is 16.4 Å². The van der Waals surface area contributed by atoms with E-state index in [2.05, 4.69) is 175 Å². The number of anilines is 3. The van der Waals surface area contributed by atoms with Crippen LogP contribution in [0.1, 0.15) is 0 Å². The monoisotopic (exact) mass is 696 g/mol. The smallest absolute Gasteiger partial charge is 0.135 e. The summed E-state index contributed by atoms with van der Waals surface area (Å²) in [5.74, 6) is 0.861. The maximum absolute atomic E-state index is 6.19. The van der Waals surface area contributed by atoms with Gasteiger partial charge in [0, 0.05) is 33.6 Å². The molecule has 2 heterocycles. The predicted octanol–water partition coefficient (Wildman–Crippen LogP) is 14.3. The number of rotatable bonds is 7. The Morgan fingerprint density at radius 1 is 0.434 bits per heavy atom. The van der Waals surface area contributed by atoms with Gasteiger partial charge in [-0.2, -0.15) is 0 Å². The summed E-state index contributed by atoms with van der Waals surface area (Å²) in [5, 5.41) is 4.65. The number of furan rings is 1. The van der Waals surface area contributed by atoms with E-state index in [9.17, 15) is 0 Å². The van der Waals surface area contributed by atoms with Crippen molar-refractivity contribution in [2.75, 3.05) is 4.90 Å². The maximum Gasteiger partial charge on any atom is 0.135 e. The lowest BCUT2D eigenvalue weighted by atomic mass is 9.96. The van der Waals surface area contributed by atoms with Crippen LogP contribution in [0.25, 0.3) is 76.1 Å². The lowest BCUT2D eigenvalue weighted by Gasteiger charge is -2.26. The molecule has 0 N–H and O–H groups in total. The molecule has 0 atom stereocenters. The number of para-hydroxylation sites is 2. The molecular weight excluding hydrogens is 665 g/mol. The average molecular weight is 697 g/mol. The third-order valence-corrected chi connectivity index (χ3v) is 11.0. The highest BCUT2D eigenvalue weighted by molar-refractivity contribution is 7.21. The molecule has 0 spiro atoms.